The van der Waals surface area contributed by atoms with Crippen LogP contribution in [0.1, 0.15) is 46.7 Å². The van der Waals surface area contributed by atoms with Crippen molar-refractivity contribution in [1.82, 2.24) is 4.98 Å². The summed E-state index contributed by atoms with van der Waals surface area (Å²) in [5.41, 5.74) is 3.01. The van der Waals surface area contributed by atoms with Crippen LogP contribution in [-0.4, -0.2) is 17.9 Å². The molecule has 108 valence electrons. The first-order valence-corrected chi connectivity index (χ1v) is 7.39. The van der Waals surface area contributed by atoms with Crippen molar-refractivity contribution in [3.05, 3.63) is 59.3 Å². The molecule has 0 aliphatic heterocycles. The summed E-state index contributed by atoms with van der Waals surface area (Å²) >= 11 is 0. The van der Waals surface area contributed by atoms with E-state index in [1.807, 2.05) is 24.3 Å². The topological polar surface area (TPSA) is 39.2 Å². The Morgan fingerprint density at radius 3 is 2.67 bits per heavy atom. The third-order valence-corrected chi connectivity index (χ3v) is 4.18. The minimum atomic E-state index is 0.171. The number of aromatic nitrogens is 1. The summed E-state index contributed by atoms with van der Waals surface area (Å²) in [5.74, 6) is 1.31. The molecule has 1 aromatic carbocycles. The second kappa shape index (κ2) is 6.08. The molecule has 0 unspecified atom stereocenters. The van der Waals surface area contributed by atoms with Crippen molar-refractivity contribution in [3.63, 3.8) is 0 Å². The number of pyridine rings is 1. The lowest BCUT2D eigenvalue weighted by molar-refractivity contribution is 0.0991. The van der Waals surface area contributed by atoms with Gasteiger partial charge < -0.3 is 4.74 Å². The molecule has 0 spiro atoms. The minimum absolute atomic E-state index is 0.171. The van der Waals surface area contributed by atoms with Gasteiger partial charge in [-0.1, -0.05) is 36.8 Å². The highest BCUT2D eigenvalue weighted by Crippen LogP contribution is 2.38. The number of rotatable bonds is 5. The summed E-state index contributed by atoms with van der Waals surface area (Å²) in [7, 11) is 1.59. The van der Waals surface area contributed by atoms with E-state index in [1.165, 1.54) is 24.8 Å². The van der Waals surface area contributed by atoms with Gasteiger partial charge in [-0.3, -0.25) is 4.79 Å². The molecule has 3 rings (SSSR count). The van der Waals surface area contributed by atoms with Gasteiger partial charge in [0.1, 0.15) is 0 Å². The quantitative estimate of drug-likeness (QED) is 0.783. The van der Waals surface area contributed by atoms with Gasteiger partial charge in [0.05, 0.1) is 7.11 Å². The molecule has 1 aromatic heterocycles. The molecule has 1 fully saturated rings. The van der Waals surface area contributed by atoms with E-state index in [-0.39, 0.29) is 5.78 Å². The first kappa shape index (κ1) is 13.8. The average molecular weight is 281 g/mol. The molecular weight excluding hydrogens is 262 g/mol. The lowest BCUT2D eigenvalue weighted by atomic mass is 9.77. The second-order valence-electron chi connectivity index (χ2n) is 5.52. The number of ketones is 1. The number of benzene rings is 1. The van der Waals surface area contributed by atoms with Crippen molar-refractivity contribution < 1.29 is 9.53 Å². The van der Waals surface area contributed by atoms with Crippen molar-refractivity contribution in [3.8, 4) is 5.88 Å². The van der Waals surface area contributed by atoms with Gasteiger partial charge in [0.15, 0.2) is 5.78 Å². The van der Waals surface area contributed by atoms with Crippen molar-refractivity contribution in [1.29, 1.82) is 0 Å². The monoisotopic (exact) mass is 281 g/mol. The summed E-state index contributed by atoms with van der Waals surface area (Å²) < 4.78 is 5.04. The van der Waals surface area contributed by atoms with Crippen molar-refractivity contribution in [2.75, 3.05) is 7.11 Å². The van der Waals surface area contributed by atoms with Crippen LogP contribution in [0.15, 0.2) is 42.6 Å². The Morgan fingerprint density at radius 1 is 1.24 bits per heavy atom. The zero-order valence-electron chi connectivity index (χ0n) is 12.2. The molecule has 1 saturated carbocycles. The molecule has 0 atom stereocenters. The molecule has 0 amide bonds. The van der Waals surface area contributed by atoms with Crippen LogP contribution in [0.4, 0.5) is 0 Å². The van der Waals surface area contributed by atoms with Gasteiger partial charge in [-0.2, -0.15) is 0 Å². The van der Waals surface area contributed by atoms with Crippen LogP contribution >= 0.6 is 0 Å². The van der Waals surface area contributed by atoms with E-state index >= 15 is 0 Å². The molecule has 1 heterocycles. The molecule has 2 aromatic rings. The van der Waals surface area contributed by atoms with E-state index in [9.17, 15) is 4.79 Å². The predicted octanol–water partition coefficient (Wildman–Crippen LogP) is 3.78. The van der Waals surface area contributed by atoms with Crippen LogP contribution in [0.2, 0.25) is 0 Å². The first-order valence-electron chi connectivity index (χ1n) is 7.39. The SMILES string of the molecule is COc1ccc(CC(=O)c2ccccc2C2CCC2)cn1. The van der Waals surface area contributed by atoms with Crippen LogP contribution in [0.5, 0.6) is 5.88 Å². The molecule has 0 saturated heterocycles. The molecule has 3 nitrogen and oxygen atoms in total. The predicted molar refractivity (Wildman–Crippen MR) is 81.9 cm³/mol. The smallest absolute Gasteiger partial charge is 0.212 e. The maximum atomic E-state index is 12.6. The normalized spacial score (nSPS) is 14.5. The van der Waals surface area contributed by atoms with E-state index in [0.29, 0.717) is 18.2 Å². The molecule has 1 aliphatic rings. The second-order valence-corrected chi connectivity index (χ2v) is 5.52. The minimum Gasteiger partial charge on any atom is -0.481 e. The highest BCUT2D eigenvalue weighted by atomic mass is 16.5. The zero-order valence-corrected chi connectivity index (χ0v) is 12.2. The average Bonchev–Trinajstić information content (AvgIpc) is 2.47. The van der Waals surface area contributed by atoms with Crippen molar-refractivity contribution in [2.45, 2.75) is 31.6 Å². The van der Waals surface area contributed by atoms with Crippen LogP contribution in [-0.2, 0) is 6.42 Å². The van der Waals surface area contributed by atoms with Crippen molar-refractivity contribution in [2.24, 2.45) is 0 Å². The van der Waals surface area contributed by atoms with Crippen LogP contribution in [0, 0.1) is 0 Å². The lowest BCUT2D eigenvalue weighted by Gasteiger charge is -2.27. The summed E-state index contributed by atoms with van der Waals surface area (Å²) in [4.78, 5) is 16.7. The fourth-order valence-electron chi connectivity index (χ4n) is 2.74. The van der Waals surface area contributed by atoms with Crippen LogP contribution in [0.25, 0.3) is 0 Å². The van der Waals surface area contributed by atoms with Gasteiger partial charge >= 0.3 is 0 Å². The number of ether oxygens (including phenoxy) is 1. The van der Waals surface area contributed by atoms with Crippen LogP contribution in [0.3, 0.4) is 0 Å². The van der Waals surface area contributed by atoms with Crippen molar-refractivity contribution >= 4 is 5.78 Å². The molecule has 1 aliphatic carbocycles. The van der Waals surface area contributed by atoms with Crippen LogP contribution < -0.4 is 4.74 Å². The third-order valence-electron chi connectivity index (χ3n) is 4.18. The summed E-state index contributed by atoms with van der Waals surface area (Å²) in [6, 6.07) is 11.7. The summed E-state index contributed by atoms with van der Waals surface area (Å²) in [6.07, 6.45) is 5.78. The molecule has 0 radical (unpaired) electrons. The molecule has 21 heavy (non-hydrogen) atoms. The first-order chi connectivity index (χ1) is 10.3. The molecular formula is C18H19NO2. The third kappa shape index (κ3) is 2.97. The van der Waals surface area contributed by atoms with E-state index in [4.69, 9.17) is 4.74 Å². The number of hydrogen-bond donors (Lipinski definition) is 0. The Bertz CT molecular complexity index is 630. The maximum absolute atomic E-state index is 12.6. The number of nitrogens with zero attached hydrogens (tertiary/aromatic N) is 1. The Balaban J connectivity index is 1.78. The van der Waals surface area contributed by atoms with E-state index < -0.39 is 0 Å². The van der Waals surface area contributed by atoms with Gasteiger partial charge in [-0.15, -0.1) is 0 Å². The Hall–Kier alpha value is -2.16. The number of Topliss-reactive ketones (excluding diaryl/α,β-unsaturated/α-hetero) is 1. The van der Waals surface area contributed by atoms with Gasteiger partial charge in [0, 0.05) is 24.2 Å². The van der Waals surface area contributed by atoms with Gasteiger partial charge in [0.2, 0.25) is 5.88 Å². The summed E-state index contributed by atoms with van der Waals surface area (Å²) in [5, 5.41) is 0. The number of hydrogen-bond acceptors (Lipinski definition) is 3. The Morgan fingerprint density at radius 2 is 2.05 bits per heavy atom. The number of carbonyl (C=O) groups is 1. The largest absolute Gasteiger partial charge is 0.481 e. The van der Waals surface area contributed by atoms with Gasteiger partial charge in [-0.25, -0.2) is 4.98 Å². The number of carbonyl (C=O) groups excluding carboxylic acids is 1. The zero-order chi connectivity index (χ0) is 14.7. The van der Waals surface area contributed by atoms with Gasteiger partial charge in [0.25, 0.3) is 0 Å². The highest BCUT2D eigenvalue weighted by molar-refractivity contribution is 5.99. The Kier molecular flexibility index (Phi) is 4.00. The number of methoxy groups -OCH3 is 1. The standard InChI is InChI=1S/C18H19NO2/c1-21-18-10-9-13(12-19-18)11-17(20)16-8-3-2-7-15(16)14-5-4-6-14/h2-3,7-10,12,14H,4-6,11H2,1H3. The summed E-state index contributed by atoms with van der Waals surface area (Å²) in [6.45, 7) is 0. The van der Waals surface area contributed by atoms with E-state index in [1.54, 1.807) is 19.4 Å². The Labute approximate surface area is 125 Å². The lowest BCUT2D eigenvalue weighted by Crippen LogP contribution is -2.15. The molecule has 0 bridgehead atoms. The maximum Gasteiger partial charge on any atom is 0.212 e. The highest BCUT2D eigenvalue weighted by Gasteiger charge is 2.24. The molecule has 0 N–H and O–H groups in total. The van der Waals surface area contributed by atoms with E-state index in [0.717, 1.165) is 11.1 Å². The van der Waals surface area contributed by atoms with Gasteiger partial charge in [-0.05, 0) is 29.9 Å². The fourth-order valence-corrected chi connectivity index (χ4v) is 2.74. The molecule has 3 heteroatoms. The fraction of sp³-hybridized carbons (Fsp3) is 0.333. The van der Waals surface area contributed by atoms with E-state index in [2.05, 4.69) is 11.1 Å².